The lowest BCUT2D eigenvalue weighted by molar-refractivity contribution is -0.111. The van der Waals surface area contributed by atoms with Gasteiger partial charge in [-0.05, 0) is 31.9 Å². The van der Waals surface area contributed by atoms with E-state index >= 15 is 0 Å². The Kier molecular flexibility index (Phi) is 5.45. The smallest absolute Gasteiger partial charge is 0.248 e. The number of hydrogen-bond acceptors (Lipinski definition) is 5. The van der Waals surface area contributed by atoms with Crippen LogP contribution in [0.3, 0.4) is 0 Å². The number of aryl methyl sites for hydroxylation is 1. The number of carbonyl (C=O) groups excluding carboxylic acids is 1. The van der Waals surface area contributed by atoms with Crippen molar-refractivity contribution in [2.45, 2.75) is 31.9 Å². The lowest BCUT2D eigenvalue weighted by Gasteiger charge is -2.22. The summed E-state index contributed by atoms with van der Waals surface area (Å²) in [5.41, 5.74) is 2.35. The van der Waals surface area contributed by atoms with Crippen molar-refractivity contribution in [3.8, 4) is 0 Å². The number of hydrogen-bond donors (Lipinski definition) is 2. The second-order valence-electron chi connectivity index (χ2n) is 6.18. The molecule has 25 heavy (non-hydrogen) atoms. The van der Waals surface area contributed by atoms with E-state index in [0.29, 0.717) is 5.69 Å². The van der Waals surface area contributed by atoms with Gasteiger partial charge in [-0.3, -0.25) is 14.5 Å². The van der Waals surface area contributed by atoms with Crippen molar-refractivity contribution in [1.29, 1.82) is 0 Å². The van der Waals surface area contributed by atoms with Crippen LogP contribution in [0, 0.1) is 0 Å². The summed E-state index contributed by atoms with van der Waals surface area (Å²) in [6.45, 7) is 2.90. The summed E-state index contributed by atoms with van der Waals surface area (Å²) in [7, 11) is 1.83. The van der Waals surface area contributed by atoms with E-state index in [1.807, 2.05) is 19.3 Å². The summed E-state index contributed by atoms with van der Waals surface area (Å²) in [5.74, 6) is -0.218. The van der Waals surface area contributed by atoms with Crippen molar-refractivity contribution in [2.24, 2.45) is 7.05 Å². The largest absolute Gasteiger partial charge is 0.378 e. The first-order chi connectivity index (χ1) is 12.1. The third-order valence-electron chi connectivity index (χ3n) is 4.14. The molecule has 0 aromatic carbocycles. The number of carbonyl (C=O) groups is 1. The van der Waals surface area contributed by atoms with Gasteiger partial charge in [-0.25, -0.2) is 0 Å². The van der Waals surface area contributed by atoms with Gasteiger partial charge in [0.1, 0.15) is 0 Å². The number of nitrogens with one attached hydrogen (secondary N) is 2. The number of amides is 1. The third kappa shape index (κ3) is 4.67. The molecule has 132 valence electrons. The van der Waals surface area contributed by atoms with E-state index in [0.717, 1.165) is 30.7 Å². The van der Waals surface area contributed by atoms with Gasteiger partial charge in [-0.15, -0.1) is 0 Å². The molecule has 1 aliphatic rings. The number of nitrogens with zero attached hydrogens (tertiary/aromatic N) is 3. The highest BCUT2D eigenvalue weighted by molar-refractivity contribution is 6.03. The highest BCUT2D eigenvalue weighted by Crippen LogP contribution is 2.24. The predicted octanol–water partition coefficient (Wildman–Crippen LogP) is 2.45. The van der Waals surface area contributed by atoms with E-state index in [9.17, 15) is 4.79 Å². The summed E-state index contributed by atoms with van der Waals surface area (Å²) < 4.78 is 7.40. The molecule has 3 heterocycles. The Hall–Kier alpha value is -2.67. The summed E-state index contributed by atoms with van der Waals surface area (Å²) in [6, 6.07) is 2.01. The lowest BCUT2D eigenvalue weighted by atomic mass is 10.1. The normalized spacial score (nSPS) is 18.4. The predicted molar refractivity (Wildman–Crippen MR) is 97.2 cm³/mol. The fourth-order valence-electron chi connectivity index (χ4n) is 2.83. The van der Waals surface area contributed by atoms with E-state index in [4.69, 9.17) is 4.74 Å². The molecule has 0 spiro atoms. The fourth-order valence-corrected chi connectivity index (χ4v) is 2.83. The van der Waals surface area contributed by atoms with Gasteiger partial charge in [0.05, 0.1) is 29.9 Å². The van der Waals surface area contributed by atoms with Crippen LogP contribution in [0.1, 0.15) is 25.3 Å². The van der Waals surface area contributed by atoms with Crippen molar-refractivity contribution in [3.05, 3.63) is 42.5 Å². The van der Waals surface area contributed by atoms with Gasteiger partial charge in [0.2, 0.25) is 5.91 Å². The van der Waals surface area contributed by atoms with Crippen LogP contribution in [0.4, 0.5) is 11.4 Å². The average Bonchev–Trinajstić information content (AvgIpc) is 3.26. The maximum absolute atomic E-state index is 12.2. The SMILES string of the molecule is C[C@H](Nc1ccncc1NC(=O)/C=C\c1cnn(C)c1)[C@H]1CCCO1. The minimum Gasteiger partial charge on any atom is -0.378 e. The van der Waals surface area contributed by atoms with Gasteiger partial charge in [0, 0.05) is 43.7 Å². The van der Waals surface area contributed by atoms with Crippen LogP contribution in [0.2, 0.25) is 0 Å². The molecular formula is C18H23N5O2. The molecule has 0 unspecified atom stereocenters. The van der Waals surface area contributed by atoms with Gasteiger partial charge in [-0.2, -0.15) is 5.10 Å². The molecule has 1 saturated heterocycles. The molecule has 2 aromatic heterocycles. The Morgan fingerprint density at radius 1 is 1.44 bits per heavy atom. The van der Waals surface area contributed by atoms with Gasteiger partial charge >= 0.3 is 0 Å². The number of anilines is 2. The molecule has 0 bridgehead atoms. The van der Waals surface area contributed by atoms with Gasteiger partial charge in [0.25, 0.3) is 0 Å². The molecule has 2 aromatic rings. The zero-order valence-corrected chi connectivity index (χ0v) is 14.5. The van der Waals surface area contributed by atoms with Crippen molar-refractivity contribution in [3.63, 3.8) is 0 Å². The summed E-state index contributed by atoms with van der Waals surface area (Å²) in [6.07, 6.45) is 12.4. The first-order valence-electron chi connectivity index (χ1n) is 8.41. The zero-order chi connectivity index (χ0) is 17.6. The number of pyridine rings is 1. The van der Waals surface area contributed by atoms with Crippen LogP contribution in [0.15, 0.2) is 36.9 Å². The molecule has 1 aliphatic heterocycles. The van der Waals surface area contributed by atoms with Crippen LogP contribution in [0.5, 0.6) is 0 Å². The third-order valence-corrected chi connectivity index (χ3v) is 4.14. The van der Waals surface area contributed by atoms with E-state index < -0.39 is 0 Å². The van der Waals surface area contributed by atoms with Crippen molar-refractivity contribution in [2.75, 3.05) is 17.2 Å². The lowest BCUT2D eigenvalue weighted by Crippen LogP contribution is -2.30. The van der Waals surface area contributed by atoms with Gasteiger partial charge in [0.15, 0.2) is 0 Å². The molecule has 2 N–H and O–H groups in total. The van der Waals surface area contributed by atoms with E-state index in [-0.39, 0.29) is 18.1 Å². The monoisotopic (exact) mass is 341 g/mol. The van der Waals surface area contributed by atoms with Crippen LogP contribution >= 0.6 is 0 Å². The quantitative estimate of drug-likeness (QED) is 0.789. The maximum atomic E-state index is 12.2. The molecule has 0 radical (unpaired) electrons. The Balaban J connectivity index is 1.63. The van der Waals surface area contributed by atoms with Crippen LogP contribution < -0.4 is 10.6 Å². The molecule has 0 saturated carbocycles. The molecule has 2 atom stereocenters. The highest BCUT2D eigenvalue weighted by atomic mass is 16.5. The van der Waals surface area contributed by atoms with Crippen molar-refractivity contribution < 1.29 is 9.53 Å². The van der Waals surface area contributed by atoms with Gasteiger partial charge in [-0.1, -0.05) is 0 Å². The molecule has 7 nitrogen and oxygen atoms in total. The standard InChI is InChI=1S/C18H23N5O2/c1-13(17-4-3-9-25-17)21-15-7-8-19-11-16(15)22-18(24)6-5-14-10-20-23(2)12-14/h5-8,10-13,17H,3-4,9H2,1-2H3,(H,19,21)(H,22,24)/b6-5-/t13-,17+/m0/s1. The minimum absolute atomic E-state index is 0.159. The number of ether oxygens (including phenoxy) is 1. The molecule has 0 aliphatic carbocycles. The Morgan fingerprint density at radius 3 is 3.04 bits per heavy atom. The second kappa shape index (κ2) is 7.94. The fraction of sp³-hybridized carbons (Fsp3) is 0.389. The summed E-state index contributed by atoms with van der Waals surface area (Å²) in [4.78, 5) is 16.3. The Bertz CT molecular complexity index is 749. The van der Waals surface area contributed by atoms with E-state index in [2.05, 4.69) is 27.6 Å². The van der Waals surface area contributed by atoms with Crippen LogP contribution in [-0.4, -0.2) is 39.4 Å². The average molecular weight is 341 g/mol. The number of aromatic nitrogens is 3. The van der Waals surface area contributed by atoms with E-state index in [1.54, 1.807) is 29.3 Å². The molecular weight excluding hydrogens is 318 g/mol. The summed E-state index contributed by atoms with van der Waals surface area (Å²) >= 11 is 0. The molecule has 3 rings (SSSR count). The first kappa shape index (κ1) is 17.2. The second-order valence-corrected chi connectivity index (χ2v) is 6.18. The van der Waals surface area contributed by atoms with Crippen LogP contribution in [-0.2, 0) is 16.6 Å². The highest BCUT2D eigenvalue weighted by Gasteiger charge is 2.22. The molecule has 1 fully saturated rings. The van der Waals surface area contributed by atoms with Crippen molar-refractivity contribution in [1.82, 2.24) is 14.8 Å². The Morgan fingerprint density at radius 2 is 2.32 bits per heavy atom. The molecule has 1 amide bonds. The zero-order valence-electron chi connectivity index (χ0n) is 14.5. The maximum Gasteiger partial charge on any atom is 0.248 e. The first-order valence-corrected chi connectivity index (χ1v) is 8.41. The van der Waals surface area contributed by atoms with Gasteiger partial charge < -0.3 is 15.4 Å². The summed E-state index contributed by atoms with van der Waals surface area (Å²) in [5, 5.41) is 10.3. The Labute approximate surface area is 147 Å². The van der Waals surface area contributed by atoms with E-state index in [1.165, 1.54) is 6.08 Å². The molecule has 7 heteroatoms. The minimum atomic E-state index is -0.218. The van der Waals surface area contributed by atoms with Crippen LogP contribution in [0.25, 0.3) is 6.08 Å². The van der Waals surface area contributed by atoms with Crippen molar-refractivity contribution >= 4 is 23.4 Å². The number of rotatable bonds is 6. The topological polar surface area (TPSA) is 81.1 Å².